The molecular formula is C12H18N2O2S. The number of fused-ring (bicyclic) bond motifs is 1. The van der Waals surface area contributed by atoms with Crippen molar-refractivity contribution in [2.45, 2.75) is 38.5 Å². The van der Waals surface area contributed by atoms with Gasteiger partial charge in [0.25, 0.3) is 0 Å². The molecule has 1 atom stereocenters. The third-order valence-corrected chi connectivity index (χ3v) is 5.42. The number of hydrogen-bond donors (Lipinski definition) is 1. The first-order valence-electron chi connectivity index (χ1n) is 5.75. The molecule has 1 aromatic rings. The van der Waals surface area contributed by atoms with Crippen LogP contribution >= 0.6 is 0 Å². The van der Waals surface area contributed by atoms with Crippen LogP contribution in [-0.2, 0) is 16.4 Å². The molecule has 0 aromatic heterocycles. The van der Waals surface area contributed by atoms with Crippen molar-refractivity contribution in [2.75, 3.05) is 10.0 Å². The van der Waals surface area contributed by atoms with Crippen molar-refractivity contribution in [3.63, 3.8) is 0 Å². The van der Waals surface area contributed by atoms with Crippen LogP contribution in [0.4, 0.5) is 11.4 Å². The Morgan fingerprint density at radius 1 is 1.41 bits per heavy atom. The maximum atomic E-state index is 12.3. The summed E-state index contributed by atoms with van der Waals surface area (Å²) in [6.07, 6.45) is 0.728. The summed E-state index contributed by atoms with van der Waals surface area (Å²) in [6.45, 7) is 5.34. The highest BCUT2D eigenvalue weighted by Gasteiger charge is 2.36. The first-order chi connectivity index (χ1) is 7.84. The zero-order valence-corrected chi connectivity index (χ0v) is 11.2. The molecular weight excluding hydrogens is 236 g/mol. The summed E-state index contributed by atoms with van der Waals surface area (Å²) in [5.41, 5.74) is 8.20. The van der Waals surface area contributed by atoms with Crippen molar-refractivity contribution < 1.29 is 8.42 Å². The number of sulfonamides is 1. The number of nitrogen functional groups attached to an aromatic ring is 1. The van der Waals surface area contributed by atoms with Crippen molar-refractivity contribution >= 4 is 21.4 Å². The highest BCUT2D eigenvalue weighted by Crippen LogP contribution is 2.36. The average Bonchev–Trinajstić information content (AvgIpc) is 2.53. The van der Waals surface area contributed by atoms with Crippen molar-refractivity contribution in [3.05, 3.63) is 23.8 Å². The summed E-state index contributed by atoms with van der Waals surface area (Å²) in [7, 11) is -3.26. The highest BCUT2D eigenvalue weighted by atomic mass is 32.2. The van der Waals surface area contributed by atoms with E-state index in [1.807, 2.05) is 13.0 Å². The van der Waals surface area contributed by atoms with Crippen molar-refractivity contribution in [3.8, 4) is 0 Å². The molecule has 0 aliphatic carbocycles. The van der Waals surface area contributed by atoms with E-state index in [4.69, 9.17) is 5.73 Å². The summed E-state index contributed by atoms with van der Waals surface area (Å²) in [5, 5.41) is -0.409. The van der Waals surface area contributed by atoms with Gasteiger partial charge in [0.05, 0.1) is 10.9 Å². The molecule has 0 saturated carbocycles. The molecule has 0 saturated heterocycles. The Bertz CT molecular complexity index is 537. The summed E-state index contributed by atoms with van der Waals surface area (Å²) >= 11 is 0. The Morgan fingerprint density at radius 3 is 2.65 bits per heavy atom. The molecule has 0 amide bonds. The lowest BCUT2D eigenvalue weighted by Gasteiger charge is -2.26. The van der Waals surface area contributed by atoms with Crippen LogP contribution < -0.4 is 10.0 Å². The van der Waals surface area contributed by atoms with Crippen LogP contribution in [-0.4, -0.2) is 19.7 Å². The van der Waals surface area contributed by atoms with Gasteiger partial charge < -0.3 is 5.73 Å². The Kier molecular flexibility index (Phi) is 2.81. The van der Waals surface area contributed by atoms with Crippen LogP contribution in [0.1, 0.15) is 26.3 Å². The highest BCUT2D eigenvalue weighted by molar-refractivity contribution is 7.93. The van der Waals surface area contributed by atoms with Gasteiger partial charge in [0.1, 0.15) is 0 Å². The van der Waals surface area contributed by atoms with Gasteiger partial charge in [-0.05, 0) is 51.0 Å². The fourth-order valence-corrected chi connectivity index (χ4v) is 3.72. The van der Waals surface area contributed by atoms with E-state index in [1.165, 1.54) is 4.31 Å². The van der Waals surface area contributed by atoms with Gasteiger partial charge in [-0.2, -0.15) is 0 Å². The van der Waals surface area contributed by atoms with Gasteiger partial charge in [-0.15, -0.1) is 0 Å². The van der Waals surface area contributed by atoms with E-state index >= 15 is 0 Å². The van der Waals surface area contributed by atoms with Crippen LogP contribution in [0.25, 0.3) is 0 Å². The second-order valence-electron chi connectivity index (χ2n) is 4.83. The number of rotatable bonds is 2. The van der Waals surface area contributed by atoms with Gasteiger partial charge in [-0.1, -0.05) is 0 Å². The molecule has 0 spiro atoms. The summed E-state index contributed by atoms with van der Waals surface area (Å²) in [5.74, 6) is 0. The van der Waals surface area contributed by atoms with Gasteiger partial charge in [0.2, 0.25) is 10.0 Å². The summed E-state index contributed by atoms with van der Waals surface area (Å²) in [4.78, 5) is 0. The molecule has 1 aliphatic rings. The molecule has 1 heterocycles. The van der Waals surface area contributed by atoms with Crippen LogP contribution in [0.3, 0.4) is 0 Å². The van der Waals surface area contributed by atoms with E-state index in [2.05, 4.69) is 0 Å². The topological polar surface area (TPSA) is 63.4 Å². The van der Waals surface area contributed by atoms with Crippen LogP contribution in [0.2, 0.25) is 0 Å². The molecule has 17 heavy (non-hydrogen) atoms. The second kappa shape index (κ2) is 3.91. The lowest BCUT2D eigenvalue weighted by atomic mass is 10.1. The fraction of sp³-hybridized carbons (Fsp3) is 0.500. The van der Waals surface area contributed by atoms with Gasteiger partial charge in [0, 0.05) is 11.7 Å². The standard InChI is InChI=1S/C12H18N2O2S/c1-8(2)17(15,16)14-9(3)6-10-7-11(13)4-5-12(10)14/h4-5,7-9H,6,13H2,1-3H3. The number of anilines is 2. The van der Waals surface area contributed by atoms with E-state index in [1.54, 1.807) is 26.0 Å². The molecule has 0 radical (unpaired) electrons. The lowest BCUT2D eigenvalue weighted by Crippen LogP contribution is -2.40. The Hall–Kier alpha value is -1.23. The summed E-state index contributed by atoms with van der Waals surface area (Å²) < 4.78 is 26.1. The largest absolute Gasteiger partial charge is 0.399 e. The first kappa shape index (κ1) is 12.2. The molecule has 0 fully saturated rings. The van der Waals surface area contributed by atoms with Crippen LogP contribution in [0.5, 0.6) is 0 Å². The first-order valence-corrected chi connectivity index (χ1v) is 7.26. The van der Waals surface area contributed by atoms with E-state index in [-0.39, 0.29) is 6.04 Å². The zero-order valence-electron chi connectivity index (χ0n) is 10.3. The monoisotopic (exact) mass is 254 g/mol. The minimum Gasteiger partial charge on any atom is -0.399 e. The average molecular weight is 254 g/mol. The van der Waals surface area contributed by atoms with E-state index < -0.39 is 15.3 Å². The number of benzene rings is 1. The molecule has 0 bridgehead atoms. The van der Waals surface area contributed by atoms with E-state index in [0.717, 1.165) is 17.7 Å². The smallest absolute Gasteiger partial charge is 0.237 e. The number of nitrogens with two attached hydrogens (primary N) is 1. The molecule has 1 aliphatic heterocycles. The van der Waals surface area contributed by atoms with E-state index in [0.29, 0.717) is 5.69 Å². The van der Waals surface area contributed by atoms with E-state index in [9.17, 15) is 8.42 Å². The quantitative estimate of drug-likeness (QED) is 0.818. The Morgan fingerprint density at radius 2 is 2.06 bits per heavy atom. The SMILES string of the molecule is CC1Cc2cc(N)ccc2N1S(=O)(=O)C(C)C. The number of nitrogens with zero attached hydrogens (tertiary/aromatic N) is 1. The fourth-order valence-electron chi connectivity index (χ4n) is 2.24. The van der Waals surface area contributed by atoms with Crippen molar-refractivity contribution in [2.24, 2.45) is 0 Å². The third-order valence-electron chi connectivity index (χ3n) is 3.13. The molecule has 2 N–H and O–H groups in total. The maximum Gasteiger partial charge on any atom is 0.237 e. The minimum absolute atomic E-state index is 0.0285. The van der Waals surface area contributed by atoms with Gasteiger partial charge in [-0.3, -0.25) is 4.31 Å². The molecule has 1 aromatic carbocycles. The molecule has 5 heteroatoms. The predicted molar refractivity (Wildman–Crippen MR) is 70.6 cm³/mol. The Labute approximate surface area is 102 Å². The van der Waals surface area contributed by atoms with Crippen LogP contribution in [0.15, 0.2) is 18.2 Å². The van der Waals surface area contributed by atoms with Crippen LogP contribution in [0, 0.1) is 0 Å². The van der Waals surface area contributed by atoms with Gasteiger partial charge in [0.15, 0.2) is 0 Å². The van der Waals surface area contributed by atoms with Crippen molar-refractivity contribution in [1.82, 2.24) is 0 Å². The number of hydrogen-bond acceptors (Lipinski definition) is 3. The lowest BCUT2D eigenvalue weighted by molar-refractivity contribution is 0.575. The third kappa shape index (κ3) is 1.88. The minimum atomic E-state index is -3.26. The van der Waals surface area contributed by atoms with Gasteiger partial charge >= 0.3 is 0 Å². The van der Waals surface area contributed by atoms with Gasteiger partial charge in [-0.25, -0.2) is 8.42 Å². The molecule has 1 unspecified atom stereocenters. The Balaban J connectivity index is 2.53. The normalized spacial score (nSPS) is 19.8. The predicted octanol–water partition coefficient (Wildman–Crippen LogP) is 1.76. The zero-order chi connectivity index (χ0) is 12.8. The molecule has 4 nitrogen and oxygen atoms in total. The molecule has 94 valence electrons. The summed E-state index contributed by atoms with van der Waals surface area (Å²) in [6, 6.07) is 5.38. The second-order valence-corrected chi connectivity index (χ2v) is 7.20. The van der Waals surface area contributed by atoms with Crippen molar-refractivity contribution in [1.29, 1.82) is 0 Å². The maximum absolute atomic E-state index is 12.3. The molecule has 2 rings (SSSR count).